The average molecular weight is 367 g/mol. The van der Waals surface area contributed by atoms with E-state index in [1.165, 1.54) is 0 Å². The summed E-state index contributed by atoms with van der Waals surface area (Å²) in [6, 6.07) is 1.95. The molecule has 2 atom stereocenters. The number of hydrogen-bond acceptors (Lipinski definition) is 4. The Morgan fingerprint density at radius 3 is 2.56 bits per heavy atom. The number of carbonyl (C=O) groups is 1. The van der Waals surface area contributed by atoms with Crippen LogP contribution in [0.2, 0.25) is 0 Å². The lowest BCUT2D eigenvalue weighted by Crippen LogP contribution is -2.36. The van der Waals surface area contributed by atoms with Gasteiger partial charge >= 0.3 is 0 Å². The van der Waals surface area contributed by atoms with E-state index < -0.39 is 11.0 Å². The van der Waals surface area contributed by atoms with E-state index >= 15 is 0 Å². The minimum Gasteiger partial charge on any atom is -0.357 e. The second kappa shape index (κ2) is 7.41. The van der Waals surface area contributed by atoms with Crippen molar-refractivity contribution >= 4 is 22.7 Å². The molecule has 0 bridgehead atoms. The highest BCUT2D eigenvalue weighted by molar-refractivity contribution is 7.84. The van der Waals surface area contributed by atoms with Gasteiger partial charge in [-0.05, 0) is 47.1 Å². The van der Waals surface area contributed by atoms with Crippen LogP contribution in [0.4, 0.5) is 5.82 Å². The first-order chi connectivity index (χ1) is 11.6. The third-order valence-corrected chi connectivity index (χ3v) is 6.10. The van der Waals surface area contributed by atoms with Gasteiger partial charge in [-0.1, -0.05) is 6.92 Å². The van der Waals surface area contributed by atoms with Crippen molar-refractivity contribution in [1.82, 2.24) is 15.0 Å². The normalized spacial score (nSPS) is 16.6. The second-order valence-corrected chi connectivity index (χ2v) is 9.74. The van der Waals surface area contributed by atoms with E-state index in [0.717, 1.165) is 23.5 Å². The van der Waals surface area contributed by atoms with Gasteiger partial charge in [0.05, 0.1) is 27.5 Å². The van der Waals surface area contributed by atoms with E-state index in [2.05, 4.69) is 23.9 Å². The van der Waals surface area contributed by atoms with Crippen molar-refractivity contribution in [3.63, 3.8) is 0 Å². The van der Waals surface area contributed by atoms with Crippen molar-refractivity contribution in [3.8, 4) is 0 Å². The fourth-order valence-electron chi connectivity index (χ4n) is 2.60. The smallest absolute Gasteiger partial charge is 0.252 e. The van der Waals surface area contributed by atoms with Crippen LogP contribution in [0.5, 0.6) is 0 Å². The second-order valence-electron chi connectivity index (χ2n) is 7.74. The predicted octanol–water partition coefficient (Wildman–Crippen LogP) is 2.67. The molecule has 1 amide bonds. The van der Waals surface area contributed by atoms with Gasteiger partial charge in [0.15, 0.2) is 0 Å². The molecule has 2 N–H and O–H groups in total. The van der Waals surface area contributed by atoms with Gasteiger partial charge in [-0.3, -0.25) is 4.79 Å². The van der Waals surface area contributed by atoms with E-state index in [1.807, 2.05) is 45.7 Å². The molecule has 0 spiro atoms. The Labute approximate surface area is 153 Å². The van der Waals surface area contributed by atoms with Crippen molar-refractivity contribution in [3.05, 3.63) is 22.9 Å². The zero-order chi connectivity index (χ0) is 18.9. The first kappa shape index (κ1) is 19.8. The van der Waals surface area contributed by atoms with Crippen LogP contribution >= 0.6 is 0 Å². The maximum atomic E-state index is 12.6. The number of nitrogens with zero attached hydrogens (tertiary/aromatic N) is 2. The number of pyridine rings is 1. The summed E-state index contributed by atoms with van der Waals surface area (Å²) < 4.78 is 15.4. The van der Waals surface area contributed by atoms with Crippen LogP contribution in [-0.4, -0.2) is 32.9 Å². The van der Waals surface area contributed by atoms with Crippen LogP contribution in [0, 0.1) is 0 Å². The third kappa shape index (κ3) is 4.20. The molecule has 140 valence electrons. The van der Waals surface area contributed by atoms with Gasteiger partial charge in [-0.15, -0.1) is 0 Å². The molecule has 25 heavy (non-hydrogen) atoms. The molecule has 1 aromatic heterocycles. The highest BCUT2D eigenvalue weighted by Gasteiger charge is 2.30. The van der Waals surface area contributed by atoms with Gasteiger partial charge in [0.2, 0.25) is 0 Å². The Kier molecular flexibility index (Phi) is 5.89. The molecule has 0 aromatic carbocycles. The highest BCUT2D eigenvalue weighted by Crippen LogP contribution is 2.30. The third-order valence-electron chi connectivity index (χ3n) is 4.49. The molecule has 0 saturated heterocycles. The summed E-state index contributed by atoms with van der Waals surface area (Å²) in [5.41, 5.74) is 2.41. The minimum absolute atomic E-state index is 0.0659. The van der Waals surface area contributed by atoms with E-state index in [1.54, 1.807) is 0 Å². The zero-order valence-corrected chi connectivity index (χ0v) is 17.1. The summed E-state index contributed by atoms with van der Waals surface area (Å²) in [6.45, 7) is 12.5. The van der Waals surface area contributed by atoms with Gasteiger partial charge in [0, 0.05) is 30.8 Å². The highest BCUT2D eigenvalue weighted by atomic mass is 32.2. The molecular weight excluding hydrogens is 336 g/mol. The average Bonchev–Trinajstić information content (AvgIpc) is 2.91. The summed E-state index contributed by atoms with van der Waals surface area (Å²) in [4.78, 5) is 19.1. The lowest BCUT2D eigenvalue weighted by atomic mass is 10.0. The molecule has 0 aliphatic carbocycles. The quantitative estimate of drug-likeness (QED) is 0.812. The Balaban J connectivity index is 2.49. The van der Waals surface area contributed by atoms with Crippen molar-refractivity contribution in [2.45, 2.75) is 71.3 Å². The summed E-state index contributed by atoms with van der Waals surface area (Å²) in [7, 11) is 0.762. The van der Waals surface area contributed by atoms with Crippen LogP contribution in [-0.2, 0) is 17.5 Å². The molecular formula is C18H30N4O2S. The van der Waals surface area contributed by atoms with E-state index in [-0.39, 0.29) is 22.7 Å². The van der Waals surface area contributed by atoms with E-state index in [4.69, 9.17) is 4.98 Å². The number of nitrogens with one attached hydrogen (secondary N) is 2. The Bertz CT molecular complexity index is 682. The van der Waals surface area contributed by atoms with E-state index in [9.17, 15) is 9.00 Å². The first-order valence-corrected chi connectivity index (χ1v) is 9.94. The van der Waals surface area contributed by atoms with Crippen LogP contribution in [0.25, 0.3) is 0 Å². The maximum absolute atomic E-state index is 12.6. The number of hydrogen-bond donors (Lipinski definition) is 2. The molecule has 2 heterocycles. The Morgan fingerprint density at radius 2 is 2.04 bits per heavy atom. The molecule has 0 fully saturated rings. The monoisotopic (exact) mass is 366 g/mol. The van der Waals surface area contributed by atoms with Crippen LogP contribution < -0.4 is 14.9 Å². The Morgan fingerprint density at radius 1 is 1.40 bits per heavy atom. The fraction of sp³-hybridized carbons (Fsp3) is 0.667. The van der Waals surface area contributed by atoms with Crippen LogP contribution in [0.1, 0.15) is 75.6 Å². The fourth-order valence-corrected chi connectivity index (χ4v) is 3.49. The van der Waals surface area contributed by atoms with Gasteiger partial charge in [-0.25, -0.2) is 13.9 Å². The molecule has 1 aromatic rings. The molecule has 7 heteroatoms. The van der Waals surface area contributed by atoms with Crippen molar-refractivity contribution in [1.29, 1.82) is 0 Å². The van der Waals surface area contributed by atoms with Crippen molar-refractivity contribution in [2.75, 3.05) is 11.9 Å². The number of anilines is 1. The molecule has 6 nitrogen and oxygen atoms in total. The molecule has 0 radical (unpaired) electrons. The number of rotatable bonds is 6. The van der Waals surface area contributed by atoms with Gasteiger partial charge in [-0.2, -0.15) is 0 Å². The summed E-state index contributed by atoms with van der Waals surface area (Å²) in [6.07, 6.45) is 0.740. The van der Waals surface area contributed by atoms with Crippen molar-refractivity contribution < 1.29 is 9.00 Å². The lowest BCUT2D eigenvalue weighted by molar-refractivity contribution is 0.0965. The number of carbonyl (C=O) groups excluding carboxylic acids is 1. The van der Waals surface area contributed by atoms with E-state index in [0.29, 0.717) is 12.1 Å². The summed E-state index contributed by atoms with van der Waals surface area (Å²) in [5, 5.41) is 2.88. The number of fused-ring (bicyclic) bond motifs is 1. The Hall–Kier alpha value is -1.47. The molecule has 2 rings (SSSR count). The van der Waals surface area contributed by atoms with Gasteiger partial charge in [0.1, 0.15) is 5.82 Å². The van der Waals surface area contributed by atoms with Crippen LogP contribution in [0.15, 0.2) is 6.07 Å². The standard InChI is InChI=1S/C18H30N4O2S/c1-8-14(21-25(24)18(4,5)6)16-13-10-19-17(23)12(13)9-15(20-16)22(7)11(2)3/h9,11,14,21H,8,10H2,1-7H3,(H,19,23)/t14-,25-/m0/s1. The number of aromatic nitrogens is 1. The first-order valence-electron chi connectivity index (χ1n) is 8.79. The molecule has 1 aliphatic heterocycles. The predicted molar refractivity (Wildman–Crippen MR) is 103 cm³/mol. The zero-order valence-electron chi connectivity index (χ0n) is 16.3. The number of amides is 1. The maximum Gasteiger partial charge on any atom is 0.252 e. The van der Waals surface area contributed by atoms with Crippen LogP contribution in [0.3, 0.4) is 0 Å². The summed E-state index contributed by atoms with van der Waals surface area (Å²) in [5.74, 6) is 0.700. The molecule has 0 saturated carbocycles. The largest absolute Gasteiger partial charge is 0.357 e. The van der Waals surface area contributed by atoms with Gasteiger partial charge < -0.3 is 10.2 Å². The topological polar surface area (TPSA) is 74.3 Å². The molecule has 0 unspecified atom stereocenters. The minimum atomic E-state index is -1.21. The van der Waals surface area contributed by atoms with Gasteiger partial charge in [0.25, 0.3) is 5.91 Å². The van der Waals surface area contributed by atoms with Crippen molar-refractivity contribution in [2.24, 2.45) is 0 Å². The molecule has 1 aliphatic rings. The lowest BCUT2D eigenvalue weighted by Gasteiger charge is -2.27. The SMILES string of the molecule is CC[C@H](N[S@@](=O)C(C)(C)C)c1nc(N(C)C(C)C)cc2c1CNC2=O. The summed E-state index contributed by atoms with van der Waals surface area (Å²) >= 11 is 0.